The first-order chi connectivity index (χ1) is 12.4. The molecule has 0 unspecified atom stereocenters. The Labute approximate surface area is 152 Å². The second kappa shape index (κ2) is 7.11. The van der Waals surface area contributed by atoms with Gasteiger partial charge < -0.3 is 15.1 Å². The molecular formula is C19H22N4O3. The molecule has 26 heavy (non-hydrogen) atoms. The number of nitrogens with one attached hydrogen (secondary N) is 1. The second-order valence-electron chi connectivity index (χ2n) is 6.89. The van der Waals surface area contributed by atoms with Gasteiger partial charge in [-0.25, -0.2) is 0 Å². The summed E-state index contributed by atoms with van der Waals surface area (Å²) >= 11 is 0. The van der Waals surface area contributed by atoms with Gasteiger partial charge in [-0.15, -0.1) is 0 Å². The van der Waals surface area contributed by atoms with Crippen LogP contribution in [0.1, 0.15) is 13.8 Å². The lowest BCUT2D eigenvalue weighted by atomic mass is 9.89. The minimum atomic E-state index is -1.22. The van der Waals surface area contributed by atoms with Crippen LogP contribution in [0, 0.1) is 5.41 Å². The number of hydrogen-bond donors (Lipinski definition) is 1. The number of fused-ring (bicyclic) bond motifs is 1. The number of benzene rings is 1. The maximum absolute atomic E-state index is 12.9. The summed E-state index contributed by atoms with van der Waals surface area (Å²) < 4.78 is 0. The average molecular weight is 354 g/mol. The van der Waals surface area contributed by atoms with E-state index in [-0.39, 0.29) is 11.8 Å². The summed E-state index contributed by atoms with van der Waals surface area (Å²) in [6, 6.07) is 9.28. The first-order valence-electron chi connectivity index (χ1n) is 8.57. The van der Waals surface area contributed by atoms with Crippen molar-refractivity contribution >= 4 is 34.8 Å². The minimum Gasteiger partial charge on any atom is -0.342 e. The Balaban J connectivity index is 1.75. The van der Waals surface area contributed by atoms with E-state index in [0.29, 0.717) is 37.4 Å². The van der Waals surface area contributed by atoms with Crippen molar-refractivity contribution in [1.82, 2.24) is 14.8 Å². The highest BCUT2D eigenvalue weighted by Gasteiger charge is 2.40. The molecule has 1 aromatic heterocycles. The molecule has 0 atom stereocenters. The third kappa shape index (κ3) is 3.37. The normalized spacial score (nSPS) is 15.0. The highest BCUT2D eigenvalue weighted by Crippen LogP contribution is 2.26. The van der Waals surface area contributed by atoms with Crippen LogP contribution < -0.4 is 5.32 Å². The van der Waals surface area contributed by atoms with E-state index < -0.39 is 5.41 Å². The largest absolute Gasteiger partial charge is 0.342 e. The van der Waals surface area contributed by atoms with Crippen molar-refractivity contribution in [3.63, 3.8) is 0 Å². The fraction of sp³-hybridized carbons (Fsp3) is 0.368. The Morgan fingerprint density at radius 2 is 1.81 bits per heavy atom. The highest BCUT2D eigenvalue weighted by molar-refractivity contribution is 6.12. The third-order valence-electron chi connectivity index (χ3n) is 4.73. The fourth-order valence-electron chi connectivity index (χ4n) is 3.01. The van der Waals surface area contributed by atoms with Gasteiger partial charge in [-0.1, -0.05) is 18.2 Å². The fourth-order valence-corrected chi connectivity index (χ4v) is 3.01. The van der Waals surface area contributed by atoms with Crippen LogP contribution in [0.25, 0.3) is 10.9 Å². The Kier molecular flexibility index (Phi) is 4.88. The molecule has 1 N–H and O–H groups in total. The number of carbonyl (C=O) groups excluding carboxylic acids is 3. The van der Waals surface area contributed by atoms with Crippen LogP contribution in [0.5, 0.6) is 0 Å². The lowest BCUT2D eigenvalue weighted by Gasteiger charge is -2.36. The van der Waals surface area contributed by atoms with E-state index in [4.69, 9.17) is 0 Å². The number of amides is 3. The molecule has 7 nitrogen and oxygen atoms in total. The molecule has 1 saturated heterocycles. The molecule has 2 heterocycles. The molecule has 0 radical (unpaired) electrons. The van der Waals surface area contributed by atoms with Crippen LogP contribution in [0.4, 0.5) is 5.69 Å². The molecule has 1 aliphatic heterocycles. The van der Waals surface area contributed by atoms with E-state index >= 15 is 0 Å². The Morgan fingerprint density at radius 1 is 1.12 bits per heavy atom. The van der Waals surface area contributed by atoms with Gasteiger partial charge in [0.25, 0.3) is 0 Å². The summed E-state index contributed by atoms with van der Waals surface area (Å²) in [4.78, 5) is 44.1. The average Bonchev–Trinajstić information content (AvgIpc) is 2.67. The van der Waals surface area contributed by atoms with E-state index in [0.717, 1.165) is 11.8 Å². The van der Waals surface area contributed by atoms with Gasteiger partial charge in [0, 0.05) is 37.8 Å². The van der Waals surface area contributed by atoms with Crippen LogP contribution in [0.2, 0.25) is 0 Å². The van der Waals surface area contributed by atoms with Crippen molar-refractivity contribution in [1.29, 1.82) is 0 Å². The molecule has 0 aliphatic carbocycles. The predicted octanol–water partition coefficient (Wildman–Crippen LogP) is 1.50. The third-order valence-corrected chi connectivity index (χ3v) is 4.73. The van der Waals surface area contributed by atoms with Gasteiger partial charge in [-0.05, 0) is 26.0 Å². The number of anilines is 1. The van der Waals surface area contributed by atoms with Crippen LogP contribution in [-0.4, -0.2) is 59.2 Å². The quantitative estimate of drug-likeness (QED) is 0.666. The van der Waals surface area contributed by atoms with Crippen molar-refractivity contribution in [2.24, 2.45) is 5.41 Å². The van der Waals surface area contributed by atoms with Gasteiger partial charge in [-0.2, -0.15) is 0 Å². The molecular weight excluding hydrogens is 332 g/mol. The Bertz CT molecular complexity index is 836. The number of pyridine rings is 1. The standard InChI is InChI=1S/C19H22N4O3/c1-19(2,18(26)23-11-9-22(13-24)10-12-23)17(25)21-15-7-3-5-14-6-4-8-20-16(14)15/h3-8,13H,9-12H2,1-2H3,(H,21,25). The second-order valence-corrected chi connectivity index (χ2v) is 6.89. The summed E-state index contributed by atoms with van der Waals surface area (Å²) in [5, 5.41) is 3.77. The zero-order valence-electron chi connectivity index (χ0n) is 14.9. The summed E-state index contributed by atoms with van der Waals surface area (Å²) in [6.45, 7) is 5.08. The first-order valence-corrected chi connectivity index (χ1v) is 8.57. The van der Waals surface area contributed by atoms with Gasteiger partial charge >= 0.3 is 0 Å². The molecule has 0 saturated carbocycles. The Morgan fingerprint density at radius 3 is 2.50 bits per heavy atom. The van der Waals surface area contributed by atoms with Crippen LogP contribution in [-0.2, 0) is 14.4 Å². The van der Waals surface area contributed by atoms with E-state index in [1.807, 2.05) is 24.3 Å². The predicted molar refractivity (Wildman–Crippen MR) is 98.4 cm³/mol. The van der Waals surface area contributed by atoms with Gasteiger partial charge in [0.15, 0.2) is 0 Å². The molecule has 1 aromatic carbocycles. The molecule has 2 aromatic rings. The molecule has 3 rings (SSSR count). The monoisotopic (exact) mass is 354 g/mol. The number of carbonyl (C=O) groups is 3. The molecule has 1 fully saturated rings. The van der Waals surface area contributed by atoms with Gasteiger partial charge in [-0.3, -0.25) is 19.4 Å². The van der Waals surface area contributed by atoms with E-state index in [1.165, 1.54) is 0 Å². The molecule has 0 spiro atoms. The molecule has 3 amide bonds. The van der Waals surface area contributed by atoms with Crippen molar-refractivity contribution in [2.75, 3.05) is 31.5 Å². The topological polar surface area (TPSA) is 82.6 Å². The minimum absolute atomic E-state index is 0.242. The zero-order chi connectivity index (χ0) is 18.7. The van der Waals surface area contributed by atoms with Crippen LogP contribution in [0.3, 0.4) is 0 Å². The number of rotatable bonds is 4. The molecule has 7 heteroatoms. The maximum Gasteiger partial charge on any atom is 0.239 e. The zero-order valence-corrected chi connectivity index (χ0v) is 14.9. The van der Waals surface area contributed by atoms with E-state index in [1.54, 1.807) is 35.9 Å². The van der Waals surface area contributed by atoms with E-state index in [2.05, 4.69) is 10.3 Å². The van der Waals surface area contributed by atoms with Gasteiger partial charge in [0.1, 0.15) is 5.41 Å². The maximum atomic E-state index is 12.9. The summed E-state index contributed by atoms with van der Waals surface area (Å²) in [5.74, 6) is -0.618. The lowest BCUT2D eigenvalue weighted by molar-refractivity contribution is -0.148. The summed E-state index contributed by atoms with van der Waals surface area (Å²) in [6.07, 6.45) is 2.45. The number of nitrogens with zero attached hydrogens (tertiary/aromatic N) is 3. The van der Waals surface area contributed by atoms with Crippen molar-refractivity contribution in [2.45, 2.75) is 13.8 Å². The molecule has 136 valence electrons. The van der Waals surface area contributed by atoms with Crippen molar-refractivity contribution in [3.05, 3.63) is 36.5 Å². The SMILES string of the molecule is CC(C)(C(=O)Nc1cccc2cccnc12)C(=O)N1CCN(C=O)CC1. The number of para-hydroxylation sites is 1. The van der Waals surface area contributed by atoms with Crippen molar-refractivity contribution < 1.29 is 14.4 Å². The lowest BCUT2D eigenvalue weighted by Crippen LogP contribution is -2.54. The molecule has 1 aliphatic rings. The first kappa shape index (κ1) is 17.8. The Hall–Kier alpha value is -2.96. The number of piperazine rings is 1. The molecule has 0 bridgehead atoms. The highest BCUT2D eigenvalue weighted by atomic mass is 16.2. The van der Waals surface area contributed by atoms with Crippen LogP contribution in [0.15, 0.2) is 36.5 Å². The number of hydrogen-bond acceptors (Lipinski definition) is 4. The van der Waals surface area contributed by atoms with Crippen LogP contribution >= 0.6 is 0 Å². The smallest absolute Gasteiger partial charge is 0.239 e. The van der Waals surface area contributed by atoms with E-state index in [9.17, 15) is 14.4 Å². The van der Waals surface area contributed by atoms with Gasteiger partial charge in [0.05, 0.1) is 11.2 Å². The number of aromatic nitrogens is 1. The summed E-state index contributed by atoms with van der Waals surface area (Å²) in [7, 11) is 0. The van der Waals surface area contributed by atoms with Crippen molar-refractivity contribution in [3.8, 4) is 0 Å². The van der Waals surface area contributed by atoms with Gasteiger partial charge in [0.2, 0.25) is 18.2 Å². The summed E-state index contributed by atoms with van der Waals surface area (Å²) in [5.41, 5.74) is 0.0475.